The Morgan fingerprint density at radius 3 is 2.57 bits per heavy atom. The van der Waals surface area contributed by atoms with Gasteiger partial charge >= 0.3 is 0 Å². The third-order valence-electron chi connectivity index (χ3n) is 1.73. The summed E-state index contributed by atoms with van der Waals surface area (Å²) in [4.78, 5) is 0. The largest absolute Gasteiger partial charge is 0.390 e. The molecule has 0 aliphatic carbocycles. The van der Waals surface area contributed by atoms with Gasteiger partial charge in [-0.05, 0) is 20.3 Å². The lowest BCUT2D eigenvalue weighted by molar-refractivity contribution is 0.0149. The Morgan fingerprint density at radius 2 is 2.07 bits per heavy atom. The minimum absolute atomic E-state index is 0.119. The summed E-state index contributed by atoms with van der Waals surface area (Å²) >= 11 is 0. The minimum atomic E-state index is -0.895. The third-order valence-corrected chi connectivity index (χ3v) is 3.23. The van der Waals surface area contributed by atoms with Crippen molar-refractivity contribution in [2.75, 3.05) is 18.1 Å². The average Bonchev–Trinajstić information content (AvgIpc) is 2.11. The van der Waals surface area contributed by atoms with Gasteiger partial charge in [0.05, 0.1) is 24.6 Å². The molecule has 86 valence electrons. The predicted molar refractivity (Wildman–Crippen MR) is 59.9 cm³/mol. The Kier molecular flexibility index (Phi) is 8.43. The van der Waals surface area contributed by atoms with E-state index in [4.69, 9.17) is 4.74 Å². The second kappa shape index (κ2) is 8.38. The van der Waals surface area contributed by atoms with E-state index in [0.717, 1.165) is 12.8 Å². The quantitative estimate of drug-likeness (QED) is 0.674. The number of aliphatic hydroxyl groups is 1. The zero-order valence-corrected chi connectivity index (χ0v) is 10.2. The second-order valence-electron chi connectivity index (χ2n) is 3.70. The SMILES string of the molecule is CCCC[S@@](=O)C[C@H](O)COC(C)C. The van der Waals surface area contributed by atoms with Crippen LogP contribution in [0.1, 0.15) is 33.6 Å². The van der Waals surface area contributed by atoms with Crippen LogP contribution in [0, 0.1) is 0 Å². The Bertz CT molecular complexity index is 159. The summed E-state index contributed by atoms with van der Waals surface area (Å²) < 4.78 is 16.6. The smallest absolute Gasteiger partial charge is 0.0888 e. The van der Waals surface area contributed by atoms with Gasteiger partial charge in [0.25, 0.3) is 0 Å². The highest BCUT2D eigenvalue weighted by molar-refractivity contribution is 7.85. The molecule has 0 fully saturated rings. The Morgan fingerprint density at radius 1 is 1.43 bits per heavy atom. The van der Waals surface area contributed by atoms with Crippen molar-refractivity contribution in [1.29, 1.82) is 0 Å². The molecule has 0 saturated carbocycles. The molecule has 0 bridgehead atoms. The van der Waals surface area contributed by atoms with Crippen LogP contribution in [-0.2, 0) is 15.5 Å². The maximum atomic E-state index is 11.4. The predicted octanol–water partition coefficient (Wildman–Crippen LogP) is 1.32. The molecular formula is C10H22O3S. The van der Waals surface area contributed by atoms with Gasteiger partial charge in [-0.25, -0.2) is 0 Å². The van der Waals surface area contributed by atoms with Gasteiger partial charge in [-0.2, -0.15) is 0 Å². The van der Waals surface area contributed by atoms with Crippen LogP contribution in [0.25, 0.3) is 0 Å². The number of hydrogen-bond acceptors (Lipinski definition) is 3. The van der Waals surface area contributed by atoms with E-state index in [2.05, 4.69) is 6.92 Å². The molecule has 0 aliphatic rings. The molecule has 0 rings (SSSR count). The topological polar surface area (TPSA) is 46.5 Å². The van der Waals surface area contributed by atoms with Crippen molar-refractivity contribution in [1.82, 2.24) is 0 Å². The molecule has 0 unspecified atom stereocenters. The minimum Gasteiger partial charge on any atom is -0.390 e. The fourth-order valence-corrected chi connectivity index (χ4v) is 2.26. The van der Waals surface area contributed by atoms with E-state index in [1.807, 2.05) is 13.8 Å². The molecule has 0 saturated heterocycles. The zero-order chi connectivity index (χ0) is 11.0. The standard InChI is InChI=1S/C10H22O3S/c1-4-5-6-14(12)8-10(11)7-13-9(2)3/h9-11H,4-8H2,1-3H3/t10-,14-/m1/s1. The second-order valence-corrected chi connectivity index (χ2v) is 5.32. The molecule has 4 heteroatoms. The highest BCUT2D eigenvalue weighted by Gasteiger charge is 2.09. The van der Waals surface area contributed by atoms with E-state index in [1.165, 1.54) is 0 Å². The summed E-state index contributed by atoms with van der Waals surface area (Å²) in [6.45, 7) is 6.19. The first-order chi connectivity index (χ1) is 6.56. The van der Waals surface area contributed by atoms with Crippen LogP contribution in [0.2, 0.25) is 0 Å². The lowest BCUT2D eigenvalue weighted by atomic mass is 10.4. The van der Waals surface area contributed by atoms with Crippen molar-refractivity contribution in [2.45, 2.75) is 45.8 Å². The van der Waals surface area contributed by atoms with E-state index < -0.39 is 16.9 Å². The van der Waals surface area contributed by atoms with Crippen molar-refractivity contribution in [3.05, 3.63) is 0 Å². The number of hydrogen-bond donors (Lipinski definition) is 1. The van der Waals surface area contributed by atoms with E-state index in [9.17, 15) is 9.32 Å². The van der Waals surface area contributed by atoms with Gasteiger partial charge in [-0.15, -0.1) is 0 Å². The molecule has 0 spiro atoms. The fraction of sp³-hybridized carbons (Fsp3) is 1.00. The normalized spacial score (nSPS) is 15.8. The van der Waals surface area contributed by atoms with E-state index >= 15 is 0 Å². The molecular weight excluding hydrogens is 200 g/mol. The molecule has 1 N–H and O–H groups in total. The molecule has 0 aromatic rings. The van der Waals surface area contributed by atoms with Crippen molar-refractivity contribution in [2.24, 2.45) is 0 Å². The van der Waals surface area contributed by atoms with Crippen molar-refractivity contribution < 1.29 is 14.1 Å². The van der Waals surface area contributed by atoms with Crippen LogP contribution < -0.4 is 0 Å². The summed E-state index contributed by atoms with van der Waals surface area (Å²) in [5.41, 5.74) is 0. The number of ether oxygens (including phenoxy) is 1. The van der Waals surface area contributed by atoms with Gasteiger partial charge < -0.3 is 9.84 Å². The maximum absolute atomic E-state index is 11.4. The summed E-state index contributed by atoms with van der Waals surface area (Å²) in [6.07, 6.45) is 1.54. The Balaban J connectivity index is 3.50. The molecule has 14 heavy (non-hydrogen) atoms. The van der Waals surface area contributed by atoms with Crippen LogP contribution in [0.15, 0.2) is 0 Å². The van der Waals surface area contributed by atoms with Crippen LogP contribution in [0.5, 0.6) is 0 Å². The summed E-state index contributed by atoms with van der Waals surface area (Å²) in [5.74, 6) is 1.03. The van der Waals surface area contributed by atoms with Crippen molar-refractivity contribution >= 4 is 10.8 Å². The van der Waals surface area contributed by atoms with Crippen LogP contribution in [0.3, 0.4) is 0 Å². The van der Waals surface area contributed by atoms with Crippen LogP contribution in [-0.4, -0.2) is 39.6 Å². The van der Waals surface area contributed by atoms with Crippen LogP contribution in [0.4, 0.5) is 0 Å². The third kappa shape index (κ3) is 8.66. The van der Waals surface area contributed by atoms with Crippen LogP contribution >= 0.6 is 0 Å². The summed E-state index contributed by atoms with van der Waals surface area (Å²) in [7, 11) is -0.895. The van der Waals surface area contributed by atoms with Gasteiger partial charge in [0.1, 0.15) is 0 Å². The van der Waals surface area contributed by atoms with Gasteiger partial charge in [-0.3, -0.25) is 4.21 Å². The van der Waals surface area contributed by atoms with Gasteiger partial charge in [0, 0.05) is 16.6 Å². The van der Waals surface area contributed by atoms with Gasteiger partial charge in [0.15, 0.2) is 0 Å². The number of rotatable bonds is 8. The molecule has 0 radical (unpaired) electrons. The van der Waals surface area contributed by atoms with Crippen molar-refractivity contribution in [3.63, 3.8) is 0 Å². The number of unbranched alkanes of at least 4 members (excludes halogenated alkanes) is 1. The number of aliphatic hydroxyl groups excluding tert-OH is 1. The van der Waals surface area contributed by atoms with E-state index in [1.54, 1.807) is 0 Å². The van der Waals surface area contributed by atoms with E-state index in [0.29, 0.717) is 11.5 Å². The maximum Gasteiger partial charge on any atom is 0.0888 e. The Hall–Kier alpha value is 0.0700. The molecule has 0 aromatic heterocycles. The first kappa shape index (κ1) is 14.1. The Labute approximate surface area is 89.3 Å². The van der Waals surface area contributed by atoms with Crippen molar-refractivity contribution in [3.8, 4) is 0 Å². The lowest BCUT2D eigenvalue weighted by Gasteiger charge is -2.12. The fourth-order valence-electron chi connectivity index (χ4n) is 0.955. The molecule has 0 heterocycles. The molecule has 3 nitrogen and oxygen atoms in total. The molecule has 0 aliphatic heterocycles. The lowest BCUT2D eigenvalue weighted by Crippen LogP contribution is -2.25. The zero-order valence-electron chi connectivity index (χ0n) is 9.36. The van der Waals surface area contributed by atoms with E-state index in [-0.39, 0.29) is 12.7 Å². The average molecular weight is 222 g/mol. The summed E-state index contributed by atoms with van der Waals surface area (Å²) in [6, 6.07) is 0. The molecule has 0 aromatic carbocycles. The van der Waals surface area contributed by atoms with Gasteiger partial charge in [-0.1, -0.05) is 13.3 Å². The summed E-state index contributed by atoms with van der Waals surface area (Å²) in [5, 5.41) is 9.45. The van der Waals surface area contributed by atoms with Gasteiger partial charge in [0.2, 0.25) is 0 Å². The first-order valence-corrected chi connectivity index (χ1v) is 6.69. The molecule has 0 amide bonds. The first-order valence-electron chi connectivity index (χ1n) is 5.20. The highest BCUT2D eigenvalue weighted by Crippen LogP contribution is 1.97. The monoisotopic (exact) mass is 222 g/mol. The molecule has 2 atom stereocenters. The highest BCUT2D eigenvalue weighted by atomic mass is 32.2.